The lowest BCUT2D eigenvalue weighted by Crippen LogP contribution is -2.14. The Morgan fingerprint density at radius 3 is 2.33 bits per heavy atom. The molecule has 0 spiro atoms. The summed E-state index contributed by atoms with van der Waals surface area (Å²) >= 11 is 12.8. The topological polar surface area (TPSA) is 63.9 Å². The molecule has 0 bridgehead atoms. The molecule has 0 radical (unpaired) electrons. The van der Waals surface area contributed by atoms with Crippen LogP contribution in [0, 0.1) is 12.8 Å². The summed E-state index contributed by atoms with van der Waals surface area (Å²) in [7, 11) is 0. The molecule has 5 nitrogen and oxygen atoms in total. The Hall–Kier alpha value is -3.54. The van der Waals surface area contributed by atoms with Crippen molar-refractivity contribution in [1.29, 1.82) is 0 Å². The van der Waals surface area contributed by atoms with Gasteiger partial charge in [0.2, 0.25) is 5.88 Å². The SMILES string of the molecule is Cc1ccc(Oc2ccc3cc(OCC(=C\C4CC4)/C(=N\O)c4c(Cl)cccc4Cl)ccc3c2)nc1. The molecule has 0 aliphatic heterocycles. The van der Waals surface area contributed by atoms with Crippen LogP contribution in [0.2, 0.25) is 10.0 Å². The first-order chi connectivity index (χ1) is 17.5. The van der Waals surface area contributed by atoms with Crippen LogP contribution in [0.15, 0.2) is 89.7 Å². The number of aryl methyl sites for hydroxylation is 1. The Labute approximate surface area is 219 Å². The van der Waals surface area contributed by atoms with Gasteiger partial charge in [-0.05, 0) is 78.4 Å². The summed E-state index contributed by atoms with van der Waals surface area (Å²) in [5.41, 5.74) is 2.64. The number of nitrogens with zero attached hydrogens (tertiary/aromatic N) is 2. The molecule has 0 amide bonds. The minimum Gasteiger partial charge on any atom is -0.489 e. The summed E-state index contributed by atoms with van der Waals surface area (Å²) in [6.45, 7) is 2.20. The molecule has 36 heavy (non-hydrogen) atoms. The molecule has 1 N–H and O–H groups in total. The van der Waals surface area contributed by atoms with Crippen LogP contribution in [0.25, 0.3) is 10.8 Å². The van der Waals surface area contributed by atoms with Crippen molar-refractivity contribution in [3.8, 4) is 17.4 Å². The van der Waals surface area contributed by atoms with E-state index in [0.29, 0.717) is 44.6 Å². The zero-order valence-corrected chi connectivity index (χ0v) is 21.1. The third kappa shape index (κ3) is 5.64. The predicted molar refractivity (Wildman–Crippen MR) is 144 cm³/mol. The predicted octanol–water partition coefficient (Wildman–Crippen LogP) is 8.24. The van der Waals surface area contributed by atoms with Crippen molar-refractivity contribution in [2.24, 2.45) is 11.1 Å². The van der Waals surface area contributed by atoms with Crippen molar-refractivity contribution >= 4 is 39.7 Å². The number of pyridine rings is 1. The van der Waals surface area contributed by atoms with Gasteiger partial charge < -0.3 is 14.7 Å². The number of aromatic nitrogens is 1. The summed E-state index contributed by atoms with van der Waals surface area (Å²) in [5.74, 6) is 2.39. The molecule has 1 aliphatic carbocycles. The van der Waals surface area contributed by atoms with E-state index in [1.807, 2.05) is 55.5 Å². The molecule has 1 heterocycles. The molecule has 7 heteroatoms. The van der Waals surface area contributed by atoms with E-state index < -0.39 is 0 Å². The smallest absolute Gasteiger partial charge is 0.219 e. The molecule has 0 saturated heterocycles. The van der Waals surface area contributed by atoms with Gasteiger partial charge in [-0.15, -0.1) is 0 Å². The number of allylic oxidation sites excluding steroid dienone is 1. The van der Waals surface area contributed by atoms with Crippen LogP contribution in [-0.4, -0.2) is 22.5 Å². The van der Waals surface area contributed by atoms with Crippen LogP contribution < -0.4 is 9.47 Å². The summed E-state index contributed by atoms with van der Waals surface area (Å²) in [6.07, 6.45) is 6.05. The van der Waals surface area contributed by atoms with E-state index in [1.165, 1.54) is 0 Å². The number of rotatable bonds is 8. The average molecular weight is 519 g/mol. The van der Waals surface area contributed by atoms with Gasteiger partial charge in [0.15, 0.2) is 0 Å². The molecule has 1 saturated carbocycles. The van der Waals surface area contributed by atoms with Gasteiger partial charge in [-0.1, -0.05) is 58.7 Å². The monoisotopic (exact) mass is 518 g/mol. The highest BCUT2D eigenvalue weighted by Gasteiger charge is 2.24. The maximum atomic E-state index is 9.87. The molecule has 3 aromatic carbocycles. The largest absolute Gasteiger partial charge is 0.489 e. The van der Waals surface area contributed by atoms with E-state index in [-0.39, 0.29) is 6.61 Å². The highest BCUT2D eigenvalue weighted by molar-refractivity contribution is 6.41. The van der Waals surface area contributed by atoms with Gasteiger partial charge >= 0.3 is 0 Å². The molecule has 0 unspecified atom stereocenters. The van der Waals surface area contributed by atoms with Gasteiger partial charge in [-0.3, -0.25) is 0 Å². The first-order valence-electron chi connectivity index (χ1n) is 11.6. The number of halogens is 2. The summed E-state index contributed by atoms with van der Waals surface area (Å²) in [4.78, 5) is 4.30. The van der Waals surface area contributed by atoms with Crippen molar-refractivity contribution in [1.82, 2.24) is 4.98 Å². The zero-order chi connectivity index (χ0) is 25.1. The van der Waals surface area contributed by atoms with E-state index >= 15 is 0 Å². The number of hydrogen-bond donors (Lipinski definition) is 1. The molecular weight excluding hydrogens is 495 g/mol. The first-order valence-corrected chi connectivity index (χ1v) is 12.4. The minimum atomic E-state index is 0.212. The number of ether oxygens (including phenoxy) is 2. The summed E-state index contributed by atoms with van der Waals surface area (Å²) in [6, 6.07) is 20.7. The van der Waals surface area contributed by atoms with Crippen molar-refractivity contribution in [3.05, 3.63) is 106 Å². The molecular formula is C29H24Cl2N2O3. The fourth-order valence-electron chi connectivity index (χ4n) is 3.89. The second-order valence-electron chi connectivity index (χ2n) is 8.81. The van der Waals surface area contributed by atoms with Crippen molar-refractivity contribution in [2.45, 2.75) is 19.8 Å². The zero-order valence-electron chi connectivity index (χ0n) is 19.6. The number of benzene rings is 3. The molecule has 4 aromatic rings. The van der Waals surface area contributed by atoms with Crippen molar-refractivity contribution in [2.75, 3.05) is 6.61 Å². The fourth-order valence-corrected chi connectivity index (χ4v) is 4.47. The van der Waals surface area contributed by atoms with Crippen LogP contribution in [-0.2, 0) is 0 Å². The van der Waals surface area contributed by atoms with Crippen LogP contribution in [0.3, 0.4) is 0 Å². The van der Waals surface area contributed by atoms with Crippen LogP contribution in [0.4, 0.5) is 0 Å². The van der Waals surface area contributed by atoms with Crippen molar-refractivity contribution in [3.63, 3.8) is 0 Å². The quantitative estimate of drug-likeness (QED) is 0.145. The first kappa shape index (κ1) is 24.2. The maximum absolute atomic E-state index is 9.87. The van der Waals surface area contributed by atoms with E-state index in [0.717, 1.165) is 34.8 Å². The third-order valence-electron chi connectivity index (χ3n) is 5.95. The number of oxime groups is 1. The second kappa shape index (κ2) is 10.6. The van der Waals surface area contributed by atoms with Crippen LogP contribution >= 0.6 is 23.2 Å². The standard InChI is InChI=1S/C29H24Cl2N2O3/c1-18-5-12-27(32-16-18)36-24-11-9-20-14-23(10-8-21(20)15-24)35-17-22(13-19-6-7-19)29(33-34)28-25(30)3-2-4-26(28)31/h2-5,8-16,19,34H,6-7,17H2,1H3/b22-13+,33-29+. The minimum absolute atomic E-state index is 0.212. The molecule has 5 rings (SSSR count). The normalized spacial score (nSPS) is 14.2. The average Bonchev–Trinajstić information content (AvgIpc) is 3.70. The summed E-state index contributed by atoms with van der Waals surface area (Å²) < 4.78 is 12.0. The lowest BCUT2D eigenvalue weighted by atomic mass is 10.0. The Kier molecular flexibility index (Phi) is 7.12. The van der Waals surface area contributed by atoms with Gasteiger partial charge in [0.1, 0.15) is 23.8 Å². The van der Waals surface area contributed by atoms with E-state index in [2.05, 4.69) is 16.2 Å². The molecule has 1 aliphatic rings. The Bertz CT molecular complexity index is 1440. The van der Waals surface area contributed by atoms with Gasteiger partial charge in [0.25, 0.3) is 0 Å². The number of fused-ring (bicyclic) bond motifs is 1. The Morgan fingerprint density at radius 2 is 1.69 bits per heavy atom. The van der Waals surface area contributed by atoms with Crippen LogP contribution in [0.1, 0.15) is 24.0 Å². The Morgan fingerprint density at radius 1 is 1.00 bits per heavy atom. The summed E-state index contributed by atoms with van der Waals surface area (Å²) in [5, 5.41) is 16.3. The van der Waals surface area contributed by atoms with E-state index in [9.17, 15) is 5.21 Å². The fraction of sp³-hybridized carbons (Fsp3) is 0.172. The van der Waals surface area contributed by atoms with Gasteiger partial charge in [-0.2, -0.15) is 0 Å². The van der Waals surface area contributed by atoms with E-state index in [1.54, 1.807) is 24.4 Å². The maximum Gasteiger partial charge on any atom is 0.219 e. The second-order valence-corrected chi connectivity index (χ2v) is 9.62. The van der Waals surface area contributed by atoms with Gasteiger partial charge in [-0.25, -0.2) is 4.98 Å². The van der Waals surface area contributed by atoms with Crippen LogP contribution in [0.5, 0.6) is 17.4 Å². The molecule has 1 fully saturated rings. The molecule has 182 valence electrons. The van der Waals surface area contributed by atoms with E-state index in [4.69, 9.17) is 32.7 Å². The number of hydrogen-bond acceptors (Lipinski definition) is 5. The highest BCUT2D eigenvalue weighted by Crippen LogP contribution is 2.34. The Balaban J connectivity index is 1.34. The lowest BCUT2D eigenvalue weighted by molar-refractivity contribution is 0.316. The molecule has 1 aromatic heterocycles. The van der Waals surface area contributed by atoms with Crippen molar-refractivity contribution < 1.29 is 14.7 Å². The van der Waals surface area contributed by atoms with Gasteiger partial charge in [0, 0.05) is 23.4 Å². The highest BCUT2D eigenvalue weighted by atomic mass is 35.5. The van der Waals surface area contributed by atoms with Gasteiger partial charge in [0.05, 0.1) is 10.0 Å². The third-order valence-corrected chi connectivity index (χ3v) is 6.58. The lowest BCUT2D eigenvalue weighted by Gasteiger charge is -2.15. The molecule has 0 atom stereocenters.